The molecule has 0 bridgehead atoms. The van der Waals surface area contributed by atoms with Gasteiger partial charge in [0.1, 0.15) is 22.1 Å². The summed E-state index contributed by atoms with van der Waals surface area (Å²) in [7, 11) is -4.07. The molecule has 4 rings (SSSR count). The van der Waals surface area contributed by atoms with E-state index >= 15 is 0 Å². The molecule has 9 nitrogen and oxygen atoms in total. The lowest BCUT2D eigenvalue weighted by Gasteiger charge is -2.24. The molecule has 1 aliphatic heterocycles. The topological polar surface area (TPSA) is 119 Å². The van der Waals surface area contributed by atoms with Gasteiger partial charge in [0.05, 0.1) is 10.7 Å². The fraction of sp³-hybridized carbons (Fsp3) is 0.391. The SMILES string of the molecule is Cc1nc2c(OCc3c(Cl)ccc(S(=O)(=O)N4CCCC4C(=O)NCCCN)c3Cl)cccn2c1Br. The average Bonchev–Trinajstić information content (AvgIpc) is 3.45. The molecule has 36 heavy (non-hydrogen) atoms. The number of rotatable bonds is 9. The molecule has 1 aliphatic rings. The number of benzene rings is 1. The molecule has 1 unspecified atom stereocenters. The van der Waals surface area contributed by atoms with Crippen molar-refractivity contribution in [3.8, 4) is 5.75 Å². The molecule has 3 N–H and O–H groups in total. The minimum absolute atomic E-state index is 0.0376. The van der Waals surface area contributed by atoms with Crippen molar-refractivity contribution in [1.29, 1.82) is 0 Å². The number of nitrogens with zero attached hydrogens (tertiary/aromatic N) is 3. The molecule has 13 heteroatoms. The van der Waals surface area contributed by atoms with Crippen LogP contribution in [0.3, 0.4) is 0 Å². The third-order valence-electron chi connectivity index (χ3n) is 6.01. The number of ether oxygens (including phenoxy) is 1. The van der Waals surface area contributed by atoms with Crippen LogP contribution < -0.4 is 15.8 Å². The quantitative estimate of drug-likeness (QED) is 0.351. The van der Waals surface area contributed by atoms with E-state index in [9.17, 15) is 13.2 Å². The summed E-state index contributed by atoms with van der Waals surface area (Å²) in [4.78, 5) is 17.1. The van der Waals surface area contributed by atoms with Crippen LogP contribution in [0.4, 0.5) is 0 Å². The summed E-state index contributed by atoms with van der Waals surface area (Å²) in [5.74, 6) is 0.146. The van der Waals surface area contributed by atoms with Crippen LogP contribution in [0.25, 0.3) is 5.65 Å². The van der Waals surface area contributed by atoms with Gasteiger partial charge < -0.3 is 15.8 Å². The van der Waals surface area contributed by atoms with E-state index in [4.69, 9.17) is 33.7 Å². The van der Waals surface area contributed by atoms with E-state index in [2.05, 4.69) is 26.2 Å². The average molecular weight is 619 g/mol. The molecule has 0 saturated carbocycles. The molecule has 1 amide bonds. The third kappa shape index (κ3) is 5.23. The van der Waals surface area contributed by atoms with E-state index in [0.717, 1.165) is 10.3 Å². The zero-order valence-electron chi connectivity index (χ0n) is 19.5. The molecule has 1 saturated heterocycles. The number of pyridine rings is 1. The molecular formula is C23H26BrCl2N5O4S. The first-order valence-electron chi connectivity index (χ1n) is 11.4. The fourth-order valence-corrected chi connectivity index (χ4v) is 7.04. The van der Waals surface area contributed by atoms with Crippen LogP contribution in [0.15, 0.2) is 40.0 Å². The van der Waals surface area contributed by atoms with Gasteiger partial charge in [-0.05, 0) is 72.9 Å². The van der Waals surface area contributed by atoms with Crippen molar-refractivity contribution in [2.24, 2.45) is 5.73 Å². The molecule has 1 aromatic carbocycles. The first kappa shape index (κ1) is 27.2. The molecule has 194 valence electrons. The Morgan fingerprint density at radius 1 is 1.33 bits per heavy atom. The summed E-state index contributed by atoms with van der Waals surface area (Å²) in [6.45, 7) is 2.84. The van der Waals surface area contributed by atoms with Gasteiger partial charge in [-0.2, -0.15) is 4.31 Å². The minimum atomic E-state index is -4.07. The van der Waals surface area contributed by atoms with Crippen molar-refractivity contribution in [2.75, 3.05) is 19.6 Å². The maximum atomic E-state index is 13.6. The van der Waals surface area contributed by atoms with Gasteiger partial charge in [0.15, 0.2) is 11.4 Å². The van der Waals surface area contributed by atoms with Crippen molar-refractivity contribution >= 4 is 60.7 Å². The fourth-order valence-electron chi connectivity index (χ4n) is 4.14. The van der Waals surface area contributed by atoms with E-state index in [1.807, 2.05) is 23.6 Å². The predicted octanol–water partition coefficient (Wildman–Crippen LogP) is 3.91. The molecule has 1 fully saturated rings. The highest BCUT2D eigenvalue weighted by Gasteiger charge is 2.40. The molecule has 3 heterocycles. The van der Waals surface area contributed by atoms with E-state index < -0.39 is 16.1 Å². The Kier molecular flexibility index (Phi) is 8.48. The lowest BCUT2D eigenvalue weighted by atomic mass is 10.2. The first-order chi connectivity index (χ1) is 17.2. The van der Waals surface area contributed by atoms with Crippen molar-refractivity contribution in [3.63, 3.8) is 0 Å². The van der Waals surface area contributed by atoms with Gasteiger partial charge in [-0.1, -0.05) is 23.2 Å². The highest BCUT2D eigenvalue weighted by atomic mass is 79.9. The van der Waals surface area contributed by atoms with Crippen LogP contribution in [0.2, 0.25) is 10.0 Å². The Morgan fingerprint density at radius 2 is 2.11 bits per heavy atom. The first-order valence-corrected chi connectivity index (χ1v) is 14.4. The Morgan fingerprint density at radius 3 is 2.86 bits per heavy atom. The number of amides is 1. The number of imidazole rings is 1. The molecule has 1 atom stereocenters. The maximum Gasteiger partial charge on any atom is 0.245 e. The van der Waals surface area contributed by atoms with Crippen LogP contribution in [-0.2, 0) is 21.4 Å². The number of aromatic nitrogens is 2. The normalized spacial score (nSPS) is 16.5. The monoisotopic (exact) mass is 617 g/mol. The number of halogens is 3. The standard InChI is InChI=1S/C23H26BrCl2N5O4S/c1-14-21(24)30-11-3-6-18(22(30)29-14)35-13-15-16(25)7-8-19(20(15)26)36(33,34)31-12-2-5-17(31)23(32)28-10-4-9-27/h3,6-8,11,17H,2,4-5,9-10,12-13,27H2,1H3,(H,28,32). The molecule has 2 aromatic heterocycles. The number of nitrogens with two attached hydrogens (primary N) is 1. The Hall–Kier alpha value is -1.89. The van der Waals surface area contributed by atoms with Gasteiger partial charge in [0.2, 0.25) is 15.9 Å². The lowest BCUT2D eigenvalue weighted by molar-refractivity contribution is -0.124. The summed E-state index contributed by atoms with van der Waals surface area (Å²) >= 11 is 16.5. The number of hydrogen-bond acceptors (Lipinski definition) is 6. The summed E-state index contributed by atoms with van der Waals surface area (Å²) in [5, 5.41) is 2.99. The van der Waals surface area contributed by atoms with Gasteiger partial charge in [-0.15, -0.1) is 0 Å². The smallest absolute Gasteiger partial charge is 0.245 e. The second-order valence-corrected chi connectivity index (χ2v) is 11.8. The number of nitrogens with one attached hydrogen (secondary N) is 1. The zero-order chi connectivity index (χ0) is 26.0. The molecule has 0 aliphatic carbocycles. The van der Waals surface area contributed by atoms with Gasteiger partial charge in [0, 0.05) is 29.9 Å². The van der Waals surface area contributed by atoms with Crippen LogP contribution in [0.5, 0.6) is 5.75 Å². The highest BCUT2D eigenvalue weighted by Crippen LogP contribution is 2.36. The van der Waals surface area contributed by atoms with Gasteiger partial charge >= 0.3 is 0 Å². The van der Waals surface area contributed by atoms with Gasteiger partial charge in [0.25, 0.3) is 0 Å². The van der Waals surface area contributed by atoms with E-state index in [1.54, 1.807) is 6.07 Å². The third-order valence-corrected chi connectivity index (χ3v) is 9.82. The zero-order valence-corrected chi connectivity index (χ0v) is 23.4. The number of carbonyl (C=O) groups is 1. The van der Waals surface area contributed by atoms with Crippen LogP contribution >= 0.6 is 39.1 Å². The number of carbonyl (C=O) groups excluding carboxylic acids is 1. The summed E-state index contributed by atoms with van der Waals surface area (Å²) < 4.78 is 37.0. The van der Waals surface area contributed by atoms with Gasteiger partial charge in [-0.3, -0.25) is 9.20 Å². The predicted molar refractivity (Wildman–Crippen MR) is 142 cm³/mol. The number of fused-ring (bicyclic) bond motifs is 1. The molecular weight excluding hydrogens is 593 g/mol. The van der Waals surface area contributed by atoms with Crippen LogP contribution in [0.1, 0.15) is 30.5 Å². The van der Waals surface area contributed by atoms with E-state index in [0.29, 0.717) is 49.3 Å². The largest absolute Gasteiger partial charge is 0.485 e. The van der Waals surface area contributed by atoms with Crippen molar-refractivity contribution < 1.29 is 17.9 Å². The summed E-state index contributed by atoms with van der Waals surface area (Å²) in [5.41, 5.74) is 7.20. The van der Waals surface area contributed by atoms with Gasteiger partial charge in [-0.25, -0.2) is 13.4 Å². The van der Waals surface area contributed by atoms with Crippen molar-refractivity contribution in [3.05, 3.63) is 56.4 Å². The maximum absolute atomic E-state index is 13.6. The van der Waals surface area contributed by atoms with Crippen LogP contribution in [0, 0.1) is 6.92 Å². The second kappa shape index (κ2) is 11.2. The Bertz CT molecular complexity index is 1400. The Balaban J connectivity index is 1.60. The van der Waals surface area contributed by atoms with Crippen molar-refractivity contribution in [2.45, 2.75) is 43.7 Å². The molecule has 0 spiro atoms. The second-order valence-electron chi connectivity index (χ2n) is 8.39. The highest BCUT2D eigenvalue weighted by molar-refractivity contribution is 9.10. The summed E-state index contributed by atoms with van der Waals surface area (Å²) in [6.07, 6.45) is 3.45. The molecule has 0 radical (unpaired) electrons. The minimum Gasteiger partial charge on any atom is -0.485 e. The number of hydrogen-bond donors (Lipinski definition) is 2. The van der Waals surface area contributed by atoms with E-state index in [-0.39, 0.29) is 34.0 Å². The van der Waals surface area contributed by atoms with Crippen LogP contribution in [-0.4, -0.2) is 53.7 Å². The van der Waals surface area contributed by atoms with Crippen molar-refractivity contribution in [1.82, 2.24) is 19.0 Å². The molecule has 3 aromatic rings. The van der Waals surface area contributed by atoms with E-state index in [1.165, 1.54) is 16.4 Å². The number of aryl methyl sites for hydroxylation is 1. The Labute approximate surface area is 228 Å². The lowest BCUT2D eigenvalue weighted by Crippen LogP contribution is -2.46. The summed E-state index contributed by atoms with van der Waals surface area (Å²) in [6, 6.07) is 5.60. The number of sulfonamides is 1.